The molecule has 1 rings (SSSR count). The molecule has 0 spiro atoms. The molecule has 1 aromatic rings. The van der Waals surface area contributed by atoms with Crippen molar-refractivity contribution in [1.29, 1.82) is 0 Å². The highest BCUT2D eigenvalue weighted by Crippen LogP contribution is 2.15. The third kappa shape index (κ3) is 4.33. The lowest BCUT2D eigenvalue weighted by atomic mass is 10.1. The van der Waals surface area contributed by atoms with Crippen molar-refractivity contribution < 1.29 is 13.9 Å². The average Bonchev–Trinajstić information content (AvgIpc) is 2.36. The largest absolute Gasteiger partial charge is 0.396 e. The van der Waals surface area contributed by atoms with Gasteiger partial charge in [0.05, 0.1) is 17.9 Å². The zero-order valence-corrected chi connectivity index (χ0v) is 10.5. The van der Waals surface area contributed by atoms with Crippen molar-refractivity contribution >= 4 is 11.6 Å². The average molecular weight is 254 g/mol. The monoisotopic (exact) mass is 254 g/mol. The van der Waals surface area contributed by atoms with E-state index in [9.17, 15) is 9.18 Å². The van der Waals surface area contributed by atoms with E-state index in [2.05, 4.69) is 12.2 Å². The highest BCUT2D eigenvalue weighted by molar-refractivity contribution is 5.99. The number of carbonyl (C=O) groups excluding carboxylic acids is 1. The van der Waals surface area contributed by atoms with Gasteiger partial charge in [0.15, 0.2) is 0 Å². The molecule has 0 bridgehead atoms. The molecule has 5 heteroatoms. The lowest BCUT2D eigenvalue weighted by Gasteiger charge is -2.08. The third-order valence-corrected chi connectivity index (χ3v) is 2.47. The van der Waals surface area contributed by atoms with Crippen LogP contribution in [0.3, 0.4) is 0 Å². The molecule has 0 saturated carbocycles. The van der Waals surface area contributed by atoms with Gasteiger partial charge in [-0.1, -0.05) is 19.4 Å². The number of carbonyl (C=O) groups is 1. The summed E-state index contributed by atoms with van der Waals surface area (Å²) in [4.78, 5) is 11.7. The Hall–Kier alpha value is -1.62. The summed E-state index contributed by atoms with van der Waals surface area (Å²) in [5.41, 5.74) is 5.52. The number of unbranched alkanes of at least 4 members (excludes halogenated alkanes) is 1. The molecular formula is C13H19FN2O2. The molecule has 0 saturated heterocycles. The fraction of sp³-hybridized carbons (Fsp3) is 0.462. The van der Waals surface area contributed by atoms with Crippen LogP contribution in [-0.2, 0) is 4.74 Å². The van der Waals surface area contributed by atoms with Crippen LogP contribution in [0.1, 0.15) is 30.1 Å². The van der Waals surface area contributed by atoms with Crippen LogP contribution in [0.2, 0.25) is 0 Å². The third-order valence-electron chi connectivity index (χ3n) is 2.47. The van der Waals surface area contributed by atoms with Crippen molar-refractivity contribution in [3.8, 4) is 0 Å². The van der Waals surface area contributed by atoms with Gasteiger partial charge in [0.1, 0.15) is 5.82 Å². The highest BCUT2D eigenvalue weighted by atomic mass is 19.1. The van der Waals surface area contributed by atoms with Gasteiger partial charge in [-0.3, -0.25) is 4.79 Å². The van der Waals surface area contributed by atoms with Crippen LogP contribution in [0, 0.1) is 5.82 Å². The van der Waals surface area contributed by atoms with Crippen LogP contribution >= 0.6 is 0 Å². The summed E-state index contributed by atoms with van der Waals surface area (Å²) in [5.74, 6) is -0.965. The summed E-state index contributed by atoms with van der Waals surface area (Å²) in [6.07, 6.45) is 2.08. The normalized spacial score (nSPS) is 10.3. The number of halogens is 1. The van der Waals surface area contributed by atoms with Gasteiger partial charge < -0.3 is 15.8 Å². The maximum atomic E-state index is 13.1. The van der Waals surface area contributed by atoms with Gasteiger partial charge in [-0.15, -0.1) is 0 Å². The van der Waals surface area contributed by atoms with E-state index in [-0.39, 0.29) is 17.2 Å². The predicted octanol–water partition coefficient (Wildman–Crippen LogP) is 1.95. The van der Waals surface area contributed by atoms with Crippen LogP contribution < -0.4 is 11.1 Å². The standard InChI is InChI=1S/C13H19FN2O2/c1-2-3-8-18-9-7-16-13(17)10-5-4-6-11(14)12(10)15/h4-6H,2-3,7-9,15H2,1H3,(H,16,17). The number of amides is 1. The van der Waals surface area contributed by atoms with Gasteiger partial charge in [-0.2, -0.15) is 0 Å². The van der Waals surface area contributed by atoms with Gasteiger partial charge in [-0.05, 0) is 18.6 Å². The van der Waals surface area contributed by atoms with Crippen molar-refractivity contribution in [2.24, 2.45) is 0 Å². The zero-order chi connectivity index (χ0) is 13.4. The second kappa shape index (κ2) is 7.66. The van der Waals surface area contributed by atoms with Crippen LogP contribution in [0.5, 0.6) is 0 Å². The van der Waals surface area contributed by atoms with Crippen LogP contribution in [0.4, 0.5) is 10.1 Å². The molecule has 0 aliphatic heterocycles. The number of hydrogen-bond donors (Lipinski definition) is 2. The van der Waals surface area contributed by atoms with Crippen molar-refractivity contribution in [3.05, 3.63) is 29.6 Å². The van der Waals surface area contributed by atoms with Crippen LogP contribution in [0.25, 0.3) is 0 Å². The molecule has 0 aliphatic rings. The number of ether oxygens (including phenoxy) is 1. The van der Waals surface area contributed by atoms with E-state index in [1.54, 1.807) is 0 Å². The minimum Gasteiger partial charge on any atom is -0.396 e. The van der Waals surface area contributed by atoms with E-state index in [0.29, 0.717) is 19.8 Å². The smallest absolute Gasteiger partial charge is 0.253 e. The number of anilines is 1. The van der Waals surface area contributed by atoms with E-state index in [0.717, 1.165) is 12.8 Å². The molecule has 0 fully saturated rings. The Morgan fingerprint density at radius 1 is 1.44 bits per heavy atom. The Labute approximate surface area is 106 Å². The van der Waals surface area contributed by atoms with E-state index in [1.807, 2.05) is 0 Å². The van der Waals surface area contributed by atoms with Crippen molar-refractivity contribution in [2.75, 3.05) is 25.5 Å². The highest BCUT2D eigenvalue weighted by Gasteiger charge is 2.11. The SMILES string of the molecule is CCCCOCCNC(=O)c1cccc(F)c1N. The van der Waals surface area contributed by atoms with Crippen molar-refractivity contribution in [3.63, 3.8) is 0 Å². The fourth-order valence-corrected chi connectivity index (χ4v) is 1.42. The molecule has 3 N–H and O–H groups in total. The van der Waals surface area contributed by atoms with Crippen LogP contribution in [0.15, 0.2) is 18.2 Å². The molecule has 18 heavy (non-hydrogen) atoms. The number of nitrogens with two attached hydrogens (primary N) is 1. The van der Waals surface area contributed by atoms with E-state index >= 15 is 0 Å². The molecule has 0 heterocycles. The van der Waals surface area contributed by atoms with Gasteiger partial charge in [-0.25, -0.2) is 4.39 Å². The second-order valence-corrected chi connectivity index (χ2v) is 3.92. The number of nitrogen functional groups attached to an aromatic ring is 1. The number of nitrogens with one attached hydrogen (secondary N) is 1. The van der Waals surface area contributed by atoms with E-state index in [1.165, 1.54) is 18.2 Å². The van der Waals surface area contributed by atoms with Crippen LogP contribution in [-0.4, -0.2) is 25.7 Å². The van der Waals surface area contributed by atoms with Gasteiger partial charge in [0.2, 0.25) is 0 Å². The summed E-state index contributed by atoms with van der Waals surface area (Å²) < 4.78 is 18.4. The predicted molar refractivity (Wildman–Crippen MR) is 68.9 cm³/mol. The summed E-state index contributed by atoms with van der Waals surface area (Å²) in [6, 6.07) is 4.17. The lowest BCUT2D eigenvalue weighted by molar-refractivity contribution is 0.0913. The molecule has 1 aromatic carbocycles. The zero-order valence-electron chi connectivity index (χ0n) is 10.5. The molecule has 0 aliphatic carbocycles. The van der Waals surface area contributed by atoms with Gasteiger partial charge in [0, 0.05) is 13.2 Å². The molecule has 100 valence electrons. The van der Waals surface area contributed by atoms with E-state index in [4.69, 9.17) is 10.5 Å². The van der Waals surface area contributed by atoms with Crippen molar-refractivity contribution in [1.82, 2.24) is 5.32 Å². The molecule has 0 atom stereocenters. The molecule has 4 nitrogen and oxygen atoms in total. The Morgan fingerprint density at radius 2 is 2.22 bits per heavy atom. The molecule has 1 amide bonds. The molecule has 0 aromatic heterocycles. The molecule has 0 radical (unpaired) electrons. The Bertz CT molecular complexity index is 397. The lowest BCUT2D eigenvalue weighted by Crippen LogP contribution is -2.28. The number of para-hydroxylation sites is 1. The topological polar surface area (TPSA) is 64.3 Å². The first-order chi connectivity index (χ1) is 8.66. The molecule has 0 unspecified atom stereocenters. The fourth-order valence-electron chi connectivity index (χ4n) is 1.42. The summed E-state index contributed by atoms with van der Waals surface area (Å²) in [5, 5.41) is 2.63. The van der Waals surface area contributed by atoms with Crippen molar-refractivity contribution in [2.45, 2.75) is 19.8 Å². The number of rotatable bonds is 7. The Balaban J connectivity index is 2.35. The van der Waals surface area contributed by atoms with Gasteiger partial charge >= 0.3 is 0 Å². The first kappa shape index (κ1) is 14.4. The number of hydrogen-bond acceptors (Lipinski definition) is 3. The minimum atomic E-state index is -0.582. The summed E-state index contributed by atoms with van der Waals surface area (Å²) in [7, 11) is 0. The second-order valence-electron chi connectivity index (χ2n) is 3.92. The quantitative estimate of drug-likeness (QED) is 0.577. The first-order valence-corrected chi connectivity index (χ1v) is 6.06. The Morgan fingerprint density at radius 3 is 2.94 bits per heavy atom. The maximum Gasteiger partial charge on any atom is 0.253 e. The summed E-state index contributed by atoms with van der Waals surface area (Å²) in [6.45, 7) is 3.60. The maximum absolute atomic E-state index is 13.1. The Kier molecular flexibility index (Phi) is 6.14. The number of benzene rings is 1. The molecular weight excluding hydrogens is 235 g/mol. The summed E-state index contributed by atoms with van der Waals surface area (Å²) >= 11 is 0. The first-order valence-electron chi connectivity index (χ1n) is 6.06. The van der Waals surface area contributed by atoms with E-state index < -0.39 is 5.82 Å². The minimum absolute atomic E-state index is 0.123. The van der Waals surface area contributed by atoms with Gasteiger partial charge in [0.25, 0.3) is 5.91 Å².